The standard InChI is InChI=1S/C16H11N5O/c17-8-11-14(10-4-3-7-18-9-10)21-13-6-2-1-5-12(13)19-16(21)20-15(11)22/h1-7,9,11,14H,(H,19,20,22). The lowest BCUT2D eigenvalue weighted by Gasteiger charge is -2.29. The molecule has 1 aliphatic rings. The Bertz CT molecular complexity index is 909. The molecule has 0 fully saturated rings. The Balaban J connectivity index is 2.03. The molecule has 1 aliphatic heterocycles. The number of aromatic nitrogens is 3. The fraction of sp³-hybridized carbons (Fsp3) is 0.125. The second kappa shape index (κ2) is 4.67. The first kappa shape index (κ1) is 12.5. The second-order valence-electron chi connectivity index (χ2n) is 5.12. The first-order valence-corrected chi connectivity index (χ1v) is 6.87. The molecule has 2 aromatic heterocycles. The van der Waals surface area contributed by atoms with Crippen molar-refractivity contribution in [2.45, 2.75) is 6.04 Å². The molecule has 0 saturated carbocycles. The molecule has 2 atom stereocenters. The molecule has 3 heterocycles. The van der Waals surface area contributed by atoms with E-state index in [1.54, 1.807) is 18.5 Å². The molecule has 1 aromatic carbocycles. The number of imidazole rings is 1. The normalized spacial score (nSPS) is 20.2. The third kappa shape index (κ3) is 1.69. The van der Waals surface area contributed by atoms with Gasteiger partial charge in [0.15, 0.2) is 5.92 Å². The van der Waals surface area contributed by atoms with Gasteiger partial charge >= 0.3 is 0 Å². The summed E-state index contributed by atoms with van der Waals surface area (Å²) in [4.78, 5) is 20.8. The van der Waals surface area contributed by atoms with Crippen LogP contribution in [0.5, 0.6) is 0 Å². The smallest absolute Gasteiger partial charge is 0.246 e. The molecular weight excluding hydrogens is 278 g/mol. The lowest BCUT2D eigenvalue weighted by atomic mass is 9.92. The Morgan fingerprint density at radius 2 is 2.09 bits per heavy atom. The highest BCUT2D eigenvalue weighted by Gasteiger charge is 2.38. The van der Waals surface area contributed by atoms with Crippen LogP contribution in [0.15, 0.2) is 48.8 Å². The number of fused-ring (bicyclic) bond motifs is 3. The van der Waals surface area contributed by atoms with Gasteiger partial charge in [-0.25, -0.2) is 4.98 Å². The van der Waals surface area contributed by atoms with Gasteiger partial charge in [-0.15, -0.1) is 0 Å². The van der Waals surface area contributed by atoms with Gasteiger partial charge in [-0.1, -0.05) is 18.2 Å². The number of anilines is 1. The number of para-hydroxylation sites is 2. The molecule has 0 radical (unpaired) electrons. The average Bonchev–Trinajstić information content (AvgIpc) is 2.92. The molecule has 0 aliphatic carbocycles. The fourth-order valence-corrected chi connectivity index (χ4v) is 2.92. The predicted octanol–water partition coefficient (Wildman–Crippen LogP) is 2.11. The number of carbonyl (C=O) groups excluding carboxylic acids is 1. The minimum atomic E-state index is -0.825. The van der Waals surface area contributed by atoms with Crippen molar-refractivity contribution in [2.24, 2.45) is 5.92 Å². The van der Waals surface area contributed by atoms with E-state index in [0.717, 1.165) is 16.6 Å². The van der Waals surface area contributed by atoms with E-state index in [1.807, 2.05) is 34.9 Å². The highest BCUT2D eigenvalue weighted by molar-refractivity contribution is 5.97. The van der Waals surface area contributed by atoms with Crippen LogP contribution in [0.2, 0.25) is 0 Å². The summed E-state index contributed by atoms with van der Waals surface area (Å²) < 4.78 is 1.90. The average molecular weight is 289 g/mol. The number of nitrogens with one attached hydrogen (secondary N) is 1. The van der Waals surface area contributed by atoms with Crippen molar-refractivity contribution in [1.82, 2.24) is 14.5 Å². The molecule has 6 nitrogen and oxygen atoms in total. The zero-order valence-electron chi connectivity index (χ0n) is 11.5. The number of benzene rings is 1. The number of amides is 1. The summed E-state index contributed by atoms with van der Waals surface area (Å²) in [5.41, 5.74) is 2.48. The maximum atomic E-state index is 12.2. The zero-order chi connectivity index (χ0) is 15.1. The Morgan fingerprint density at radius 1 is 1.23 bits per heavy atom. The molecule has 0 saturated heterocycles. The lowest BCUT2D eigenvalue weighted by molar-refractivity contribution is -0.119. The van der Waals surface area contributed by atoms with Gasteiger partial charge in [0.2, 0.25) is 11.9 Å². The first-order valence-electron chi connectivity index (χ1n) is 6.87. The Hall–Kier alpha value is -3.20. The van der Waals surface area contributed by atoms with Crippen LogP contribution in [0, 0.1) is 17.2 Å². The highest BCUT2D eigenvalue weighted by Crippen LogP contribution is 2.37. The van der Waals surface area contributed by atoms with Crippen LogP contribution in [-0.2, 0) is 4.79 Å². The number of nitriles is 1. The van der Waals surface area contributed by atoms with Crippen molar-refractivity contribution in [2.75, 3.05) is 5.32 Å². The van der Waals surface area contributed by atoms with Crippen LogP contribution < -0.4 is 5.32 Å². The van der Waals surface area contributed by atoms with E-state index < -0.39 is 12.0 Å². The molecule has 1 amide bonds. The van der Waals surface area contributed by atoms with Gasteiger partial charge in [-0.3, -0.25) is 15.1 Å². The molecule has 4 rings (SSSR count). The minimum Gasteiger partial charge on any atom is -0.300 e. The van der Waals surface area contributed by atoms with Crippen LogP contribution >= 0.6 is 0 Å². The minimum absolute atomic E-state index is 0.334. The predicted molar refractivity (Wildman–Crippen MR) is 79.8 cm³/mol. The Kier molecular flexibility index (Phi) is 2.66. The summed E-state index contributed by atoms with van der Waals surface area (Å²) in [6, 6.07) is 13.0. The van der Waals surface area contributed by atoms with Gasteiger partial charge < -0.3 is 4.57 Å². The number of hydrogen-bond donors (Lipinski definition) is 1. The third-order valence-electron chi connectivity index (χ3n) is 3.87. The van der Waals surface area contributed by atoms with Gasteiger partial charge in [0, 0.05) is 12.4 Å². The van der Waals surface area contributed by atoms with Gasteiger partial charge in [-0.05, 0) is 23.8 Å². The SMILES string of the molecule is N#CC1C(=O)Nc2nc3ccccc3n2C1c1cccnc1. The maximum absolute atomic E-state index is 12.2. The highest BCUT2D eigenvalue weighted by atomic mass is 16.2. The number of carbonyl (C=O) groups is 1. The van der Waals surface area contributed by atoms with E-state index in [0.29, 0.717) is 5.95 Å². The molecule has 1 N–H and O–H groups in total. The van der Waals surface area contributed by atoms with Crippen LogP contribution in [-0.4, -0.2) is 20.4 Å². The largest absolute Gasteiger partial charge is 0.300 e. The van der Waals surface area contributed by atoms with E-state index in [-0.39, 0.29) is 5.91 Å². The maximum Gasteiger partial charge on any atom is 0.246 e. The van der Waals surface area contributed by atoms with Crippen LogP contribution in [0.3, 0.4) is 0 Å². The summed E-state index contributed by atoms with van der Waals surface area (Å²) >= 11 is 0. The zero-order valence-corrected chi connectivity index (χ0v) is 11.5. The Labute approximate surface area is 126 Å². The third-order valence-corrected chi connectivity index (χ3v) is 3.87. The number of nitrogens with zero attached hydrogens (tertiary/aromatic N) is 4. The Morgan fingerprint density at radius 3 is 2.86 bits per heavy atom. The van der Waals surface area contributed by atoms with Gasteiger partial charge in [-0.2, -0.15) is 5.26 Å². The second-order valence-corrected chi connectivity index (χ2v) is 5.12. The van der Waals surface area contributed by atoms with Crippen LogP contribution in [0.25, 0.3) is 11.0 Å². The van der Waals surface area contributed by atoms with Gasteiger partial charge in [0.25, 0.3) is 0 Å². The number of pyridine rings is 1. The van der Waals surface area contributed by atoms with E-state index in [2.05, 4.69) is 21.4 Å². The van der Waals surface area contributed by atoms with E-state index in [4.69, 9.17) is 0 Å². The molecular formula is C16H11N5O. The summed E-state index contributed by atoms with van der Waals surface area (Å²) in [5, 5.41) is 12.2. The van der Waals surface area contributed by atoms with Crippen molar-refractivity contribution in [3.63, 3.8) is 0 Å². The van der Waals surface area contributed by atoms with Crippen molar-refractivity contribution < 1.29 is 4.79 Å². The monoisotopic (exact) mass is 289 g/mol. The molecule has 106 valence electrons. The topological polar surface area (TPSA) is 83.6 Å². The number of hydrogen-bond acceptors (Lipinski definition) is 4. The van der Waals surface area contributed by atoms with Crippen LogP contribution in [0.1, 0.15) is 11.6 Å². The van der Waals surface area contributed by atoms with Crippen molar-refractivity contribution in [3.05, 3.63) is 54.4 Å². The van der Waals surface area contributed by atoms with Crippen LogP contribution in [0.4, 0.5) is 5.95 Å². The fourth-order valence-electron chi connectivity index (χ4n) is 2.92. The molecule has 2 unspecified atom stereocenters. The molecule has 22 heavy (non-hydrogen) atoms. The molecule has 6 heteroatoms. The molecule has 0 bridgehead atoms. The first-order chi connectivity index (χ1) is 10.8. The van der Waals surface area contributed by atoms with E-state index >= 15 is 0 Å². The molecule has 3 aromatic rings. The number of rotatable bonds is 1. The lowest BCUT2D eigenvalue weighted by Crippen LogP contribution is -2.37. The van der Waals surface area contributed by atoms with E-state index in [1.165, 1.54) is 0 Å². The van der Waals surface area contributed by atoms with Crippen molar-refractivity contribution >= 4 is 22.9 Å². The van der Waals surface area contributed by atoms with Gasteiger partial charge in [0.05, 0.1) is 23.1 Å². The van der Waals surface area contributed by atoms with Crippen molar-refractivity contribution in [1.29, 1.82) is 5.26 Å². The quantitative estimate of drug-likeness (QED) is 0.743. The van der Waals surface area contributed by atoms with Gasteiger partial charge in [0.1, 0.15) is 0 Å². The summed E-state index contributed by atoms with van der Waals surface area (Å²) in [5.74, 6) is -0.694. The summed E-state index contributed by atoms with van der Waals surface area (Å²) in [7, 11) is 0. The van der Waals surface area contributed by atoms with E-state index in [9.17, 15) is 10.1 Å². The summed E-state index contributed by atoms with van der Waals surface area (Å²) in [6.07, 6.45) is 3.35. The summed E-state index contributed by atoms with van der Waals surface area (Å²) in [6.45, 7) is 0. The molecule has 0 spiro atoms. The van der Waals surface area contributed by atoms with Crippen molar-refractivity contribution in [3.8, 4) is 6.07 Å².